The van der Waals surface area contributed by atoms with Gasteiger partial charge in [0.05, 0.1) is 11.4 Å². The molecule has 2 aromatic rings. The summed E-state index contributed by atoms with van der Waals surface area (Å²) in [4.78, 5) is 0. The molecule has 1 fully saturated rings. The van der Waals surface area contributed by atoms with E-state index in [1.807, 2.05) is 23.9 Å². The van der Waals surface area contributed by atoms with Gasteiger partial charge in [-0.15, -0.1) is 0 Å². The summed E-state index contributed by atoms with van der Waals surface area (Å²) in [7, 11) is 0. The topological polar surface area (TPSA) is 77.0 Å². The first-order chi connectivity index (χ1) is 9.74. The minimum Gasteiger partial charge on any atom is -0.397 e. The lowest BCUT2D eigenvalue weighted by Gasteiger charge is -2.36. The first-order valence-corrected chi connectivity index (χ1v) is 8.26. The molecular formula is C14H20N4OS. The van der Waals surface area contributed by atoms with Gasteiger partial charge in [-0.25, -0.2) is 4.63 Å². The van der Waals surface area contributed by atoms with Crippen LogP contribution in [0.2, 0.25) is 0 Å². The van der Waals surface area contributed by atoms with Crippen molar-refractivity contribution in [2.24, 2.45) is 0 Å². The third-order valence-electron chi connectivity index (χ3n) is 4.25. The number of anilines is 2. The molecule has 0 bridgehead atoms. The Morgan fingerprint density at radius 3 is 2.75 bits per heavy atom. The van der Waals surface area contributed by atoms with Gasteiger partial charge in [0.1, 0.15) is 0 Å². The van der Waals surface area contributed by atoms with Crippen molar-refractivity contribution in [2.45, 2.75) is 36.9 Å². The number of nitrogens with one attached hydrogen (secondary N) is 1. The molecule has 0 radical (unpaired) electrons. The molecule has 0 saturated heterocycles. The predicted molar refractivity (Wildman–Crippen MR) is 84.0 cm³/mol. The van der Waals surface area contributed by atoms with Crippen molar-refractivity contribution in [3.05, 3.63) is 12.1 Å². The Labute approximate surface area is 122 Å². The summed E-state index contributed by atoms with van der Waals surface area (Å²) >= 11 is 1.98. The van der Waals surface area contributed by atoms with E-state index < -0.39 is 0 Å². The highest BCUT2D eigenvalue weighted by Crippen LogP contribution is 2.39. The molecule has 1 aliphatic rings. The Bertz CT molecular complexity index is 592. The Kier molecular flexibility index (Phi) is 3.74. The van der Waals surface area contributed by atoms with Crippen LogP contribution in [0.15, 0.2) is 16.8 Å². The molecule has 5 nitrogen and oxygen atoms in total. The molecule has 0 atom stereocenters. The molecule has 1 aliphatic carbocycles. The van der Waals surface area contributed by atoms with Gasteiger partial charge in [-0.3, -0.25) is 0 Å². The zero-order valence-corrected chi connectivity index (χ0v) is 12.5. The number of aromatic nitrogens is 2. The van der Waals surface area contributed by atoms with E-state index in [1.165, 1.54) is 32.1 Å². The van der Waals surface area contributed by atoms with Crippen LogP contribution in [0.1, 0.15) is 32.1 Å². The van der Waals surface area contributed by atoms with E-state index >= 15 is 0 Å². The van der Waals surface area contributed by atoms with Gasteiger partial charge in [0.25, 0.3) is 0 Å². The van der Waals surface area contributed by atoms with Crippen molar-refractivity contribution in [3.8, 4) is 0 Å². The number of nitrogens with two attached hydrogens (primary N) is 1. The van der Waals surface area contributed by atoms with E-state index in [-0.39, 0.29) is 0 Å². The molecule has 3 N–H and O–H groups in total. The fraction of sp³-hybridized carbons (Fsp3) is 0.571. The quantitative estimate of drug-likeness (QED) is 0.842. The smallest absolute Gasteiger partial charge is 0.160 e. The molecule has 1 aromatic carbocycles. The van der Waals surface area contributed by atoms with Crippen LogP contribution in [0.4, 0.5) is 11.4 Å². The van der Waals surface area contributed by atoms with Crippen LogP contribution >= 0.6 is 11.8 Å². The van der Waals surface area contributed by atoms with Gasteiger partial charge in [0, 0.05) is 11.3 Å². The minimum absolute atomic E-state index is 0.336. The molecule has 0 aliphatic heterocycles. The Hall–Kier alpha value is -1.43. The lowest BCUT2D eigenvalue weighted by molar-refractivity contribution is 0.315. The van der Waals surface area contributed by atoms with Crippen molar-refractivity contribution in [1.29, 1.82) is 0 Å². The third-order valence-corrected chi connectivity index (χ3v) is 5.66. The van der Waals surface area contributed by atoms with E-state index in [9.17, 15) is 0 Å². The lowest BCUT2D eigenvalue weighted by Crippen LogP contribution is -2.35. The van der Waals surface area contributed by atoms with Crippen LogP contribution in [0, 0.1) is 0 Å². The fourth-order valence-corrected chi connectivity index (χ4v) is 3.85. The fourth-order valence-electron chi connectivity index (χ4n) is 2.93. The maximum atomic E-state index is 5.87. The largest absolute Gasteiger partial charge is 0.397 e. The number of rotatable bonds is 4. The maximum absolute atomic E-state index is 5.87. The molecule has 1 saturated carbocycles. The first kappa shape index (κ1) is 13.5. The monoisotopic (exact) mass is 292 g/mol. The summed E-state index contributed by atoms with van der Waals surface area (Å²) in [6.45, 7) is 0.944. The average molecular weight is 292 g/mol. The summed E-state index contributed by atoms with van der Waals surface area (Å²) in [6.07, 6.45) is 8.77. The summed E-state index contributed by atoms with van der Waals surface area (Å²) < 4.78 is 5.14. The summed E-state index contributed by atoms with van der Waals surface area (Å²) in [5.41, 5.74) is 8.78. The van der Waals surface area contributed by atoms with Crippen molar-refractivity contribution < 1.29 is 4.63 Å². The number of thioether (sulfide) groups is 1. The maximum Gasteiger partial charge on any atom is 0.160 e. The molecule has 1 aromatic heterocycles. The SMILES string of the molecule is CSC1(CNc2ccc(N)c3nonc23)CCCCC1. The second-order valence-corrected chi connectivity index (χ2v) is 6.74. The summed E-state index contributed by atoms with van der Waals surface area (Å²) in [5, 5.41) is 11.3. The number of benzene rings is 1. The second-order valence-electron chi connectivity index (χ2n) is 5.47. The van der Waals surface area contributed by atoms with E-state index in [4.69, 9.17) is 10.4 Å². The highest BCUT2D eigenvalue weighted by atomic mass is 32.2. The zero-order chi connectivity index (χ0) is 14.0. The summed E-state index contributed by atoms with van der Waals surface area (Å²) in [6, 6.07) is 3.81. The zero-order valence-electron chi connectivity index (χ0n) is 11.7. The van der Waals surface area contributed by atoms with Gasteiger partial charge < -0.3 is 11.1 Å². The van der Waals surface area contributed by atoms with Crippen LogP contribution in [-0.2, 0) is 0 Å². The molecule has 0 spiro atoms. The van der Waals surface area contributed by atoms with Crippen LogP contribution in [0.5, 0.6) is 0 Å². The van der Waals surface area contributed by atoms with Crippen molar-refractivity contribution in [3.63, 3.8) is 0 Å². The Morgan fingerprint density at radius 1 is 1.25 bits per heavy atom. The van der Waals surface area contributed by atoms with Gasteiger partial charge in [-0.1, -0.05) is 19.3 Å². The molecule has 1 heterocycles. The van der Waals surface area contributed by atoms with E-state index in [0.29, 0.717) is 16.0 Å². The number of nitrogen functional groups attached to an aromatic ring is 1. The molecule has 3 rings (SSSR count). The van der Waals surface area contributed by atoms with Gasteiger partial charge in [-0.2, -0.15) is 11.8 Å². The van der Waals surface area contributed by atoms with Crippen molar-refractivity contribution in [2.75, 3.05) is 23.9 Å². The van der Waals surface area contributed by atoms with E-state index in [0.717, 1.165) is 17.7 Å². The van der Waals surface area contributed by atoms with Crippen LogP contribution in [-0.4, -0.2) is 27.9 Å². The molecule has 108 valence electrons. The van der Waals surface area contributed by atoms with Crippen molar-refractivity contribution >= 4 is 34.2 Å². The number of hydrogen-bond donors (Lipinski definition) is 2. The minimum atomic E-state index is 0.336. The van der Waals surface area contributed by atoms with Crippen LogP contribution < -0.4 is 11.1 Å². The van der Waals surface area contributed by atoms with Crippen LogP contribution in [0.25, 0.3) is 11.0 Å². The standard InChI is InChI=1S/C14H20N4OS/c1-20-14(7-3-2-4-8-14)9-16-11-6-5-10(15)12-13(11)18-19-17-12/h5-6,16H,2-4,7-9,15H2,1H3. The Balaban J connectivity index is 1.79. The first-order valence-electron chi connectivity index (χ1n) is 7.04. The van der Waals surface area contributed by atoms with Gasteiger partial charge in [-0.05, 0) is 41.5 Å². The third kappa shape index (κ3) is 2.44. The molecule has 6 heteroatoms. The predicted octanol–water partition coefficient (Wildman–Crippen LogP) is 3.28. The highest BCUT2D eigenvalue weighted by molar-refractivity contribution is 8.00. The normalized spacial score (nSPS) is 18.2. The molecular weight excluding hydrogens is 272 g/mol. The highest BCUT2D eigenvalue weighted by Gasteiger charge is 2.31. The molecule has 20 heavy (non-hydrogen) atoms. The number of nitrogens with zero attached hydrogens (tertiary/aromatic N) is 2. The van der Waals surface area contributed by atoms with Gasteiger partial charge in [0.2, 0.25) is 0 Å². The second kappa shape index (κ2) is 5.52. The van der Waals surface area contributed by atoms with Crippen molar-refractivity contribution in [1.82, 2.24) is 10.3 Å². The number of hydrogen-bond acceptors (Lipinski definition) is 6. The van der Waals surface area contributed by atoms with E-state index in [2.05, 4.69) is 21.9 Å². The van der Waals surface area contributed by atoms with Gasteiger partial charge >= 0.3 is 0 Å². The van der Waals surface area contributed by atoms with E-state index in [1.54, 1.807) is 0 Å². The lowest BCUT2D eigenvalue weighted by atomic mass is 9.88. The number of fused-ring (bicyclic) bond motifs is 1. The molecule has 0 unspecified atom stereocenters. The Morgan fingerprint density at radius 2 is 2.00 bits per heavy atom. The van der Waals surface area contributed by atoms with Crippen LogP contribution in [0.3, 0.4) is 0 Å². The average Bonchev–Trinajstić information content (AvgIpc) is 2.98. The summed E-state index contributed by atoms with van der Waals surface area (Å²) in [5.74, 6) is 0. The van der Waals surface area contributed by atoms with Gasteiger partial charge in [0.15, 0.2) is 11.0 Å². The molecule has 0 amide bonds.